The molecule has 0 aliphatic carbocycles. The van der Waals surface area contributed by atoms with Crippen LogP contribution in [0.1, 0.15) is 48.9 Å². The maximum absolute atomic E-state index is 11.2. The standard InChI is InChI=1S/C27H32O6/c1-5-23(28)32-17-9-13-19-11-7-15-21(25(19)30)27(3,4)22-16-8-12-20(26(22)31)14-10-18-33-24(29)6-2/h5-8,11-12,15-16,30-31H,1-2,9-10,13-14,17-18H2,3-4H3. The Morgan fingerprint density at radius 2 is 1.21 bits per heavy atom. The number of carbonyl (C=O) groups is 2. The molecule has 0 aliphatic rings. The van der Waals surface area contributed by atoms with E-state index in [9.17, 15) is 19.8 Å². The van der Waals surface area contributed by atoms with Crippen molar-refractivity contribution in [3.8, 4) is 11.5 Å². The van der Waals surface area contributed by atoms with Crippen molar-refractivity contribution < 1.29 is 29.3 Å². The molecule has 0 heterocycles. The molecule has 0 atom stereocenters. The number of para-hydroxylation sites is 2. The molecule has 33 heavy (non-hydrogen) atoms. The smallest absolute Gasteiger partial charge is 0.330 e. The fourth-order valence-electron chi connectivity index (χ4n) is 3.73. The van der Waals surface area contributed by atoms with E-state index in [2.05, 4.69) is 13.2 Å². The first-order chi connectivity index (χ1) is 15.7. The maximum Gasteiger partial charge on any atom is 0.330 e. The SMILES string of the molecule is C=CC(=O)OCCCc1cccc(C(C)(C)c2cccc(CCCOC(=O)C=C)c2O)c1O. The molecule has 2 aromatic carbocycles. The molecule has 0 unspecified atom stereocenters. The number of rotatable bonds is 12. The number of benzene rings is 2. The molecule has 0 radical (unpaired) electrons. The highest BCUT2D eigenvalue weighted by Gasteiger charge is 2.30. The van der Waals surface area contributed by atoms with E-state index in [1.165, 1.54) is 0 Å². The van der Waals surface area contributed by atoms with Crippen molar-refractivity contribution in [1.29, 1.82) is 0 Å². The third-order valence-electron chi connectivity index (χ3n) is 5.59. The minimum atomic E-state index is -0.676. The van der Waals surface area contributed by atoms with E-state index in [-0.39, 0.29) is 24.7 Å². The van der Waals surface area contributed by atoms with Crippen molar-refractivity contribution in [2.45, 2.75) is 44.9 Å². The molecule has 6 heteroatoms. The quantitative estimate of drug-likeness (QED) is 0.274. The molecular formula is C27H32O6. The molecule has 0 aliphatic heterocycles. The molecule has 6 nitrogen and oxygen atoms in total. The highest BCUT2D eigenvalue weighted by atomic mass is 16.5. The van der Waals surface area contributed by atoms with E-state index in [1.807, 2.05) is 50.2 Å². The van der Waals surface area contributed by atoms with Crippen molar-refractivity contribution in [2.75, 3.05) is 13.2 Å². The van der Waals surface area contributed by atoms with E-state index >= 15 is 0 Å². The van der Waals surface area contributed by atoms with Gasteiger partial charge in [-0.25, -0.2) is 9.59 Å². The highest BCUT2D eigenvalue weighted by Crippen LogP contribution is 2.43. The van der Waals surface area contributed by atoms with Gasteiger partial charge in [0.1, 0.15) is 11.5 Å². The van der Waals surface area contributed by atoms with Gasteiger partial charge in [-0.3, -0.25) is 0 Å². The predicted molar refractivity (Wildman–Crippen MR) is 127 cm³/mol. The average Bonchev–Trinajstić information content (AvgIpc) is 2.80. The zero-order valence-corrected chi connectivity index (χ0v) is 19.3. The van der Waals surface area contributed by atoms with E-state index in [0.29, 0.717) is 36.8 Å². The van der Waals surface area contributed by atoms with Crippen molar-refractivity contribution in [2.24, 2.45) is 0 Å². The second-order valence-corrected chi connectivity index (χ2v) is 8.20. The Bertz CT molecular complexity index is 926. The molecule has 2 aromatic rings. The van der Waals surface area contributed by atoms with Gasteiger partial charge in [0.25, 0.3) is 0 Å². The van der Waals surface area contributed by atoms with Gasteiger partial charge in [0.2, 0.25) is 0 Å². The molecule has 0 saturated heterocycles. The van der Waals surface area contributed by atoms with Crippen molar-refractivity contribution in [3.63, 3.8) is 0 Å². The number of phenolic OH excluding ortho intramolecular Hbond substituents is 2. The zero-order chi connectivity index (χ0) is 24.4. The summed E-state index contributed by atoms with van der Waals surface area (Å²) in [5.41, 5.74) is 2.20. The first-order valence-electron chi connectivity index (χ1n) is 10.9. The lowest BCUT2D eigenvalue weighted by Gasteiger charge is -2.29. The zero-order valence-electron chi connectivity index (χ0n) is 19.3. The van der Waals surface area contributed by atoms with E-state index in [0.717, 1.165) is 23.3 Å². The number of hydrogen-bond acceptors (Lipinski definition) is 6. The number of aromatic hydroxyl groups is 2. The summed E-state index contributed by atoms with van der Waals surface area (Å²) in [5.74, 6) is -0.607. The largest absolute Gasteiger partial charge is 0.507 e. The van der Waals surface area contributed by atoms with Crippen LogP contribution in [0.15, 0.2) is 61.7 Å². The molecule has 176 valence electrons. The molecule has 2 rings (SSSR count). The molecule has 0 saturated carbocycles. The van der Waals surface area contributed by atoms with E-state index in [4.69, 9.17) is 9.47 Å². The lowest BCUT2D eigenvalue weighted by molar-refractivity contribution is -0.138. The lowest BCUT2D eigenvalue weighted by Crippen LogP contribution is -2.20. The highest BCUT2D eigenvalue weighted by molar-refractivity contribution is 5.81. The number of hydrogen-bond donors (Lipinski definition) is 2. The van der Waals surface area contributed by atoms with Gasteiger partial charge in [0, 0.05) is 28.7 Å². The fourth-order valence-corrected chi connectivity index (χ4v) is 3.73. The Kier molecular flexibility index (Phi) is 9.28. The summed E-state index contributed by atoms with van der Waals surface area (Å²) in [5, 5.41) is 22.0. The molecule has 2 N–H and O–H groups in total. The average molecular weight is 453 g/mol. The van der Waals surface area contributed by atoms with Crippen LogP contribution < -0.4 is 0 Å². The van der Waals surface area contributed by atoms with Crippen LogP contribution in [0.5, 0.6) is 11.5 Å². The van der Waals surface area contributed by atoms with E-state index in [1.54, 1.807) is 0 Å². The van der Waals surface area contributed by atoms with Gasteiger partial charge in [-0.1, -0.05) is 63.4 Å². The second kappa shape index (κ2) is 11.9. The predicted octanol–water partition coefficient (Wildman–Crippen LogP) is 4.75. The molecule has 0 amide bonds. The Hall–Kier alpha value is -3.54. The first-order valence-corrected chi connectivity index (χ1v) is 10.9. The number of aryl methyl sites for hydroxylation is 2. The summed E-state index contributed by atoms with van der Waals surface area (Å²) in [6.07, 6.45) is 4.44. The number of ether oxygens (including phenoxy) is 2. The van der Waals surface area contributed by atoms with Crippen LogP contribution in [0.25, 0.3) is 0 Å². The van der Waals surface area contributed by atoms with Gasteiger partial charge in [0.15, 0.2) is 0 Å². The summed E-state index contributed by atoms with van der Waals surface area (Å²) in [6.45, 7) is 11.1. The van der Waals surface area contributed by atoms with Gasteiger partial charge in [0.05, 0.1) is 13.2 Å². The Morgan fingerprint density at radius 1 is 0.818 bits per heavy atom. The van der Waals surface area contributed by atoms with Crippen molar-refractivity contribution in [3.05, 3.63) is 84.0 Å². The number of esters is 2. The fraction of sp³-hybridized carbons (Fsp3) is 0.333. The summed E-state index contributed by atoms with van der Waals surface area (Å²) < 4.78 is 10.0. The van der Waals surface area contributed by atoms with Crippen LogP contribution in [-0.2, 0) is 37.3 Å². The third-order valence-corrected chi connectivity index (χ3v) is 5.59. The number of phenols is 2. The van der Waals surface area contributed by atoms with Crippen LogP contribution >= 0.6 is 0 Å². The minimum absolute atomic E-state index is 0.165. The Balaban J connectivity index is 2.18. The second-order valence-electron chi connectivity index (χ2n) is 8.20. The monoisotopic (exact) mass is 452 g/mol. The summed E-state index contributed by atoms with van der Waals surface area (Å²) in [4.78, 5) is 22.4. The number of carbonyl (C=O) groups excluding carboxylic acids is 2. The van der Waals surface area contributed by atoms with Crippen LogP contribution in [0.4, 0.5) is 0 Å². The lowest BCUT2D eigenvalue weighted by atomic mass is 9.75. The van der Waals surface area contributed by atoms with Gasteiger partial charge in [-0.15, -0.1) is 0 Å². The van der Waals surface area contributed by atoms with Crippen LogP contribution in [-0.4, -0.2) is 35.4 Å². The first kappa shape index (κ1) is 25.7. The van der Waals surface area contributed by atoms with Gasteiger partial charge < -0.3 is 19.7 Å². The van der Waals surface area contributed by atoms with Gasteiger partial charge >= 0.3 is 11.9 Å². The topological polar surface area (TPSA) is 93.1 Å². The van der Waals surface area contributed by atoms with Crippen molar-refractivity contribution >= 4 is 11.9 Å². The maximum atomic E-state index is 11.2. The van der Waals surface area contributed by atoms with E-state index < -0.39 is 17.4 Å². The molecule has 0 bridgehead atoms. The summed E-state index contributed by atoms with van der Waals surface area (Å²) in [6, 6.07) is 11.1. The van der Waals surface area contributed by atoms with Crippen LogP contribution in [0.3, 0.4) is 0 Å². The minimum Gasteiger partial charge on any atom is -0.507 e. The Labute approximate surface area is 195 Å². The molecule has 0 aromatic heterocycles. The molecule has 0 spiro atoms. The van der Waals surface area contributed by atoms with Crippen LogP contribution in [0.2, 0.25) is 0 Å². The summed E-state index contributed by atoms with van der Waals surface area (Å²) >= 11 is 0. The van der Waals surface area contributed by atoms with Crippen molar-refractivity contribution in [1.82, 2.24) is 0 Å². The Morgan fingerprint density at radius 3 is 1.58 bits per heavy atom. The van der Waals surface area contributed by atoms with Gasteiger partial charge in [-0.2, -0.15) is 0 Å². The third kappa shape index (κ3) is 6.72. The molecular weight excluding hydrogens is 420 g/mol. The van der Waals surface area contributed by atoms with Gasteiger partial charge in [-0.05, 0) is 36.8 Å². The summed E-state index contributed by atoms with van der Waals surface area (Å²) in [7, 11) is 0. The normalized spacial score (nSPS) is 11.0. The van der Waals surface area contributed by atoms with Crippen LogP contribution in [0, 0.1) is 0 Å². The molecule has 0 fully saturated rings.